The summed E-state index contributed by atoms with van der Waals surface area (Å²) in [5.74, 6) is -71.6. The van der Waals surface area contributed by atoms with Crippen LogP contribution in [-0.2, 0) is 6.54 Å². The van der Waals surface area contributed by atoms with Crippen LogP contribution in [0.5, 0.6) is 0 Å². The van der Waals surface area contributed by atoms with Crippen LogP contribution in [0.3, 0.4) is 0 Å². The Kier molecular flexibility index (Phi) is 12.3. The van der Waals surface area contributed by atoms with Gasteiger partial charge in [-0.25, -0.2) is 96.8 Å². The van der Waals surface area contributed by atoms with Gasteiger partial charge in [0.05, 0.1) is 0 Å². The van der Waals surface area contributed by atoms with Crippen molar-refractivity contribution in [3.63, 3.8) is 0 Å². The molecule has 0 atom stereocenters. The zero-order valence-electron chi connectivity index (χ0n) is 30.0. The lowest BCUT2D eigenvalue weighted by molar-refractivity contribution is -0.687. The number of hydrogen-bond acceptors (Lipinski definition) is 0. The molecule has 1 aromatic heterocycles. The van der Waals surface area contributed by atoms with E-state index in [1.165, 1.54) is 22.9 Å². The van der Waals surface area contributed by atoms with Crippen LogP contribution >= 0.6 is 0 Å². The van der Waals surface area contributed by atoms with Crippen molar-refractivity contribution in [1.82, 2.24) is 0 Å². The quantitative estimate of drug-likeness (QED) is 0.0516. The fraction of sp³-hybridized carbons (Fsp3) is 0.0250. The van der Waals surface area contributed by atoms with Crippen molar-refractivity contribution in [3.05, 3.63) is 195 Å². The van der Waals surface area contributed by atoms with Gasteiger partial charge in [0.15, 0.2) is 88.7 Å². The molecule has 0 radical (unpaired) electrons. The maximum absolute atomic E-state index is 15.4. The Morgan fingerprint density at radius 1 is 0.302 bits per heavy atom. The van der Waals surface area contributed by atoms with E-state index in [1.54, 1.807) is 0 Å². The highest BCUT2D eigenvalue weighted by Crippen LogP contribution is 2.31. The first-order valence-electron chi connectivity index (χ1n) is 16.9. The van der Waals surface area contributed by atoms with Crippen molar-refractivity contribution in [1.29, 1.82) is 0 Å². The number of fused-ring (bicyclic) bond motifs is 1. The van der Waals surface area contributed by atoms with Gasteiger partial charge in [0, 0.05) is 17.0 Å². The van der Waals surface area contributed by atoms with E-state index in [1.807, 2.05) is 30.5 Å². The van der Waals surface area contributed by atoms with Crippen LogP contribution in [0.15, 0.2) is 67.0 Å². The van der Waals surface area contributed by atoms with Crippen LogP contribution in [0.4, 0.5) is 92.2 Å². The maximum atomic E-state index is 15.4. The van der Waals surface area contributed by atoms with Crippen molar-refractivity contribution < 1.29 is 96.8 Å². The molecule has 1 nitrogen and oxygen atoms in total. The highest BCUT2D eigenvalue weighted by molar-refractivity contribution is 7.20. The van der Waals surface area contributed by atoms with E-state index < -0.39 is 144 Å². The van der Waals surface area contributed by atoms with E-state index in [2.05, 4.69) is 29.0 Å². The molecule has 0 saturated carbocycles. The van der Waals surface area contributed by atoms with Crippen LogP contribution in [-0.4, -0.2) is 6.15 Å². The summed E-state index contributed by atoms with van der Waals surface area (Å²) in [7, 11) is 0. The van der Waals surface area contributed by atoms with Crippen molar-refractivity contribution in [3.8, 4) is 0 Å². The third-order valence-electron chi connectivity index (χ3n) is 9.73. The Labute approximate surface area is 336 Å². The van der Waals surface area contributed by atoms with Gasteiger partial charge in [-0.1, -0.05) is 18.2 Å². The molecule has 0 aliphatic carbocycles. The molecule has 328 valence electrons. The molecular formula is C40H13BF21N. The van der Waals surface area contributed by atoms with E-state index in [0.717, 1.165) is 12.1 Å². The lowest BCUT2D eigenvalue weighted by Gasteiger charge is -2.44. The van der Waals surface area contributed by atoms with Crippen LogP contribution in [0.25, 0.3) is 10.8 Å². The first kappa shape index (κ1) is 45.8. The predicted octanol–water partition coefficient (Wildman–Crippen LogP) is 9.16. The summed E-state index contributed by atoms with van der Waals surface area (Å²) in [6.07, 6.45) is -3.06. The summed E-state index contributed by atoms with van der Waals surface area (Å²) in [6, 6.07) is 17.0. The number of halogens is 21. The fourth-order valence-electron chi connectivity index (χ4n) is 6.95. The van der Waals surface area contributed by atoms with Gasteiger partial charge in [0.25, 0.3) is 0 Å². The number of pyridine rings is 1. The third kappa shape index (κ3) is 7.25. The number of aromatic nitrogens is 1. The number of nitrogens with zero attached hydrogens (tertiary/aromatic N) is 1. The molecule has 0 fully saturated rings. The van der Waals surface area contributed by atoms with E-state index in [4.69, 9.17) is 0 Å². The average Bonchev–Trinajstić information content (AvgIpc) is 3.27. The Morgan fingerprint density at radius 2 is 0.571 bits per heavy atom. The standard InChI is InChI=1S/C24BF20.C16H13FN/c26-5-1(6(27)14(35)21(42)13(5)34)25(2-7(28)15(36)22(43)16(37)8(2)29,3-9(30)17(38)23(44)18(39)10(3)31)4-11(32)19(40)24(45)20(41)12(4)33;17-16-7-5-13(6-8-16)11-18-10-9-14-3-1-2-4-15(14)12-18/h;1-10,12H,11H2/q-1;+1. The molecule has 0 unspecified atom stereocenters. The molecule has 7 aromatic rings. The molecule has 0 N–H and O–H groups in total. The monoisotopic (exact) mass is 917 g/mol. The number of rotatable bonds is 6. The van der Waals surface area contributed by atoms with Gasteiger partial charge in [0.1, 0.15) is 58.5 Å². The van der Waals surface area contributed by atoms with E-state index in [9.17, 15) is 57.1 Å². The summed E-state index contributed by atoms with van der Waals surface area (Å²) in [4.78, 5) is 0. The van der Waals surface area contributed by atoms with E-state index in [0.29, 0.717) is 0 Å². The Balaban J connectivity index is 0.000000302. The number of benzene rings is 6. The zero-order chi connectivity index (χ0) is 46.7. The summed E-state index contributed by atoms with van der Waals surface area (Å²) >= 11 is 0. The largest absolute Gasteiger partial charge is 0.207 e. The molecule has 7 rings (SSSR count). The van der Waals surface area contributed by atoms with Crippen molar-refractivity contribution >= 4 is 38.8 Å². The van der Waals surface area contributed by atoms with Gasteiger partial charge in [-0.15, -0.1) is 21.9 Å². The SMILES string of the molecule is Fc1c(F)c(F)c([B-](c2c(F)c(F)c(F)c(F)c2F)(c2c(F)c(F)c(F)c(F)c2F)c2c(F)c(F)c(F)c(F)c2F)c(F)c1F.Fc1ccc(C[n+]2ccc3ccccc3c2)cc1. The first-order chi connectivity index (χ1) is 29.5. The van der Waals surface area contributed by atoms with Crippen molar-refractivity contribution in [2.75, 3.05) is 0 Å². The van der Waals surface area contributed by atoms with Crippen LogP contribution in [0.1, 0.15) is 5.56 Å². The minimum Gasteiger partial charge on any atom is -0.207 e. The summed E-state index contributed by atoms with van der Waals surface area (Å²) in [6.45, 7) is 0.755. The molecule has 0 amide bonds. The Bertz CT molecular complexity index is 2610. The predicted molar refractivity (Wildman–Crippen MR) is 179 cm³/mol. The van der Waals surface area contributed by atoms with Gasteiger partial charge in [-0.2, -0.15) is 0 Å². The molecule has 0 saturated heterocycles. The van der Waals surface area contributed by atoms with Gasteiger partial charge in [-0.3, -0.25) is 0 Å². The topological polar surface area (TPSA) is 3.88 Å². The lowest BCUT2D eigenvalue weighted by atomic mass is 9.12. The minimum atomic E-state index is -7.22. The van der Waals surface area contributed by atoms with Gasteiger partial charge >= 0.3 is 0 Å². The van der Waals surface area contributed by atoms with Crippen LogP contribution < -0.4 is 26.4 Å². The second-order valence-electron chi connectivity index (χ2n) is 13.2. The average molecular weight is 917 g/mol. The molecular weight excluding hydrogens is 904 g/mol. The van der Waals surface area contributed by atoms with Gasteiger partial charge in [-0.05, 0) is 35.7 Å². The maximum Gasteiger partial charge on any atom is 0.200 e. The molecule has 63 heavy (non-hydrogen) atoms. The summed E-state index contributed by atoms with van der Waals surface area (Å²) < 4.78 is 309. The van der Waals surface area contributed by atoms with Crippen molar-refractivity contribution in [2.45, 2.75) is 6.54 Å². The van der Waals surface area contributed by atoms with E-state index in [-0.39, 0.29) is 5.82 Å². The lowest BCUT2D eigenvalue weighted by Crippen LogP contribution is -2.81. The van der Waals surface area contributed by atoms with Crippen LogP contribution in [0, 0.1) is 122 Å². The normalized spacial score (nSPS) is 11.6. The molecule has 1 heterocycles. The van der Waals surface area contributed by atoms with Gasteiger partial charge < -0.3 is 0 Å². The highest BCUT2D eigenvalue weighted by Gasteiger charge is 2.52. The zero-order valence-corrected chi connectivity index (χ0v) is 30.0. The van der Waals surface area contributed by atoms with Gasteiger partial charge in [0.2, 0.25) is 0 Å². The first-order valence-corrected chi connectivity index (χ1v) is 16.9. The minimum absolute atomic E-state index is 0.192. The summed E-state index contributed by atoms with van der Waals surface area (Å²) in [5, 5.41) is 2.44. The van der Waals surface area contributed by atoms with Crippen molar-refractivity contribution in [2.24, 2.45) is 0 Å². The smallest absolute Gasteiger partial charge is 0.200 e. The second-order valence-corrected chi connectivity index (χ2v) is 13.2. The Morgan fingerprint density at radius 3 is 0.873 bits per heavy atom. The Hall–Kier alpha value is -6.68. The second kappa shape index (κ2) is 16.9. The fourth-order valence-corrected chi connectivity index (χ4v) is 6.95. The van der Waals surface area contributed by atoms with E-state index >= 15 is 35.1 Å². The molecule has 0 bridgehead atoms. The third-order valence-corrected chi connectivity index (χ3v) is 9.73. The van der Waals surface area contributed by atoms with Crippen LogP contribution in [0.2, 0.25) is 0 Å². The molecule has 0 aliphatic rings. The molecule has 0 aliphatic heterocycles. The molecule has 0 spiro atoms. The molecule has 6 aromatic carbocycles. The highest BCUT2D eigenvalue weighted by atomic mass is 19.2. The summed E-state index contributed by atoms with van der Waals surface area (Å²) in [5.41, 5.74) is -13.2. The molecule has 23 heteroatoms. The number of hydrogen-bond donors (Lipinski definition) is 0.